The lowest BCUT2D eigenvalue weighted by molar-refractivity contribution is 0.0456. The van der Waals surface area contributed by atoms with E-state index in [2.05, 4.69) is 30.9 Å². The lowest BCUT2D eigenvalue weighted by atomic mass is 9.75. The maximum atomic E-state index is 8.87. The Morgan fingerprint density at radius 2 is 2.24 bits per heavy atom. The molecule has 1 aliphatic carbocycles. The second-order valence-corrected chi connectivity index (χ2v) is 6.32. The van der Waals surface area contributed by atoms with Crippen molar-refractivity contribution in [3.8, 4) is 5.75 Å². The van der Waals surface area contributed by atoms with Crippen molar-refractivity contribution in [1.82, 2.24) is 4.98 Å². The molecule has 0 amide bonds. The second-order valence-electron chi connectivity index (χ2n) is 6.32. The summed E-state index contributed by atoms with van der Waals surface area (Å²) in [6, 6.07) is 3.64. The van der Waals surface area contributed by atoms with Gasteiger partial charge in [-0.15, -0.1) is 0 Å². The van der Waals surface area contributed by atoms with Crippen molar-refractivity contribution in [2.45, 2.75) is 46.1 Å². The van der Waals surface area contributed by atoms with Gasteiger partial charge in [-0.3, -0.25) is 0 Å². The highest BCUT2D eigenvalue weighted by Crippen LogP contribution is 2.36. The topological polar surface area (TPSA) is 80.7 Å². The van der Waals surface area contributed by atoms with E-state index in [-0.39, 0.29) is 11.9 Å². The van der Waals surface area contributed by atoms with Gasteiger partial charge in [-0.05, 0) is 42.7 Å². The van der Waals surface area contributed by atoms with Crippen LogP contribution in [0.15, 0.2) is 23.5 Å². The van der Waals surface area contributed by atoms with Gasteiger partial charge in [0.25, 0.3) is 0 Å². The van der Waals surface area contributed by atoms with Crippen LogP contribution in [0.3, 0.4) is 0 Å². The summed E-state index contributed by atoms with van der Waals surface area (Å²) in [4.78, 5) is 4.16. The summed E-state index contributed by atoms with van der Waals surface area (Å²) < 4.78 is 6.22. The summed E-state index contributed by atoms with van der Waals surface area (Å²) in [6.45, 7) is 6.75. The molecule has 0 aliphatic heterocycles. The number of amidine groups is 1. The molecule has 0 saturated heterocycles. The van der Waals surface area contributed by atoms with E-state index >= 15 is 0 Å². The molecule has 1 saturated carbocycles. The number of hydrogen-bond acceptors (Lipinski definition) is 4. The van der Waals surface area contributed by atoms with E-state index in [0.717, 1.165) is 6.42 Å². The highest BCUT2D eigenvalue weighted by Gasteiger charge is 2.32. The Bertz CT molecular complexity index is 502. The average Bonchev–Trinajstić information content (AvgIpc) is 2.47. The number of hydrogen-bond donors (Lipinski definition) is 2. The van der Waals surface area contributed by atoms with Gasteiger partial charge in [0.2, 0.25) is 0 Å². The van der Waals surface area contributed by atoms with Gasteiger partial charge in [0.05, 0.1) is 0 Å². The average molecular weight is 291 g/mol. The Balaban J connectivity index is 2.23. The zero-order valence-electron chi connectivity index (χ0n) is 13.0. The SMILES string of the molecule is CC1CCC(C(C)C)C(Oc2cccnc2/C(N)=N/O)C1. The summed E-state index contributed by atoms with van der Waals surface area (Å²) >= 11 is 0. The van der Waals surface area contributed by atoms with Crippen LogP contribution in [0.4, 0.5) is 0 Å². The van der Waals surface area contributed by atoms with Crippen LogP contribution in [-0.4, -0.2) is 22.1 Å². The molecule has 1 fully saturated rings. The van der Waals surface area contributed by atoms with E-state index < -0.39 is 0 Å². The van der Waals surface area contributed by atoms with Gasteiger partial charge in [-0.2, -0.15) is 0 Å². The molecule has 0 aromatic carbocycles. The van der Waals surface area contributed by atoms with Crippen LogP contribution < -0.4 is 10.5 Å². The van der Waals surface area contributed by atoms with Crippen molar-refractivity contribution >= 4 is 5.84 Å². The molecular formula is C16H25N3O2. The maximum absolute atomic E-state index is 8.87. The fraction of sp³-hybridized carbons (Fsp3) is 0.625. The predicted octanol–water partition coefficient (Wildman–Crippen LogP) is 3.02. The normalized spacial score (nSPS) is 26.9. The molecule has 1 aliphatic rings. The number of rotatable bonds is 4. The van der Waals surface area contributed by atoms with E-state index in [1.54, 1.807) is 12.3 Å². The Hall–Kier alpha value is -1.78. The third kappa shape index (κ3) is 3.65. The van der Waals surface area contributed by atoms with Crippen molar-refractivity contribution in [2.75, 3.05) is 0 Å². The number of pyridine rings is 1. The first-order chi connectivity index (χ1) is 10.0. The van der Waals surface area contributed by atoms with Gasteiger partial charge in [0.15, 0.2) is 11.5 Å². The number of oxime groups is 1. The third-order valence-electron chi connectivity index (χ3n) is 4.36. The smallest absolute Gasteiger partial charge is 0.192 e. The van der Waals surface area contributed by atoms with Crippen molar-refractivity contribution < 1.29 is 9.94 Å². The van der Waals surface area contributed by atoms with Gasteiger partial charge < -0.3 is 15.7 Å². The molecule has 3 unspecified atom stereocenters. The molecular weight excluding hydrogens is 266 g/mol. The predicted molar refractivity (Wildman–Crippen MR) is 82.5 cm³/mol. The fourth-order valence-corrected chi connectivity index (χ4v) is 3.14. The quantitative estimate of drug-likeness (QED) is 0.387. The lowest BCUT2D eigenvalue weighted by Gasteiger charge is -2.37. The third-order valence-corrected chi connectivity index (χ3v) is 4.36. The largest absolute Gasteiger partial charge is 0.488 e. The molecule has 1 aromatic heterocycles. The zero-order valence-corrected chi connectivity index (χ0v) is 13.0. The van der Waals surface area contributed by atoms with Crippen LogP contribution in [0.25, 0.3) is 0 Å². The van der Waals surface area contributed by atoms with Crippen molar-refractivity contribution in [3.63, 3.8) is 0 Å². The summed E-state index contributed by atoms with van der Waals surface area (Å²) in [5.74, 6) is 2.34. The number of nitrogens with zero attached hydrogens (tertiary/aromatic N) is 2. The molecule has 3 N–H and O–H groups in total. The molecule has 1 heterocycles. The van der Waals surface area contributed by atoms with Crippen LogP contribution in [0, 0.1) is 17.8 Å². The van der Waals surface area contributed by atoms with E-state index in [1.807, 2.05) is 6.07 Å². The standard InChI is InChI=1S/C16H25N3O2/c1-10(2)12-7-6-11(3)9-14(12)21-13-5-4-8-18-15(13)16(17)19-20/h4-5,8,10-12,14,20H,6-7,9H2,1-3H3,(H2,17,19). The molecule has 1 aromatic rings. The summed E-state index contributed by atoms with van der Waals surface area (Å²) in [7, 11) is 0. The number of aromatic nitrogens is 1. The molecule has 3 atom stereocenters. The highest BCUT2D eigenvalue weighted by molar-refractivity contribution is 5.97. The molecule has 116 valence electrons. The monoisotopic (exact) mass is 291 g/mol. The minimum atomic E-state index is -0.0180. The molecule has 5 nitrogen and oxygen atoms in total. The molecule has 0 radical (unpaired) electrons. The van der Waals surface area contributed by atoms with Crippen molar-refractivity contribution in [3.05, 3.63) is 24.0 Å². The Kier molecular flexibility index (Phi) is 5.04. The summed E-state index contributed by atoms with van der Waals surface area (Å²) in [5.41, 5.74) is 6.08. The lowest BCUT2D eigenvalue weighted by Crippen LogP contribution is -2.37. The minimum Gasteiger partial charge on any atom is -0.488 e. The number of nitrogens with two attached hydrogens (primary N) is 1. The van der Waals surface area contributed by atoms with Crippen molar-refractivity contribution in [1.29, 1.82) is 0 Å². The van der Waals surface area contributed by atoms with Crippen LogP contribution in [0.2, 0.25) is 0 Å². The van der Waals surface area contributed by atoms with E-state index in [4.69, 9.17) is 15.7 Å². The van der Waals surface area contributed by atoms with Gasteiger partial charge in [0.1, 0.15) is 11.9 Å². The highest BCUT2D eigenvalue weighted by atomic mass is 16.5. The molecule has 0 spiro atoms. The van der Waals surface area contributed by atoms with Crippen LogP contribution in [0.1, 0.15) is 45.7 Å². The Morgan fingerprint density at radius 3 is 2.90 bits per heavy atom. The van der Waals surface area contributed by atoms with Crippen molar-refractivity contribution in [2.24, 2.45) is 28.6 Å². The first-order valence-electron chi connectivity index (χ1n) is 7.62. The zero-order chi connectivity index (χ0) is 15.4. The van der Waals surface area contributed by atoms with Gasteiger partial charge >= 0.3 is 0 Å². The first kappa shape index (κ1) is 15.6. The second kappa shape index (κ2) is 6.78. The molecule has 5 heteroatoms. The molecule has 2 rings (SSSR count). The van der Waals surface area contributed by atoms with Gasteiger partial charge in [-0.1, -0.05) is 32.3 Å². The van der Waals surface area contributed by atoms with Crippen LogP contribution in [0.5, 0.6) is 5.75 Å². The van der Waals surface area contributed by atoms with Gasteiger partial charge in [-0.25, -0.2) is 4.98 Å². The first-order valence-corrected chi connectivity index (χ1v) is 7.62. The van der Waals surface area contributed by atoms with E-state index in [9.17, 15) is 0 Å². The molecule has 0 bridgehead atoms. The summed E-state index contributed by atoms with van der Waals surface area (Å²) in [6.07, 6.45) is 5.24. The number of ether oxygens (including phenoxy) is 1. The fourth-order valence-electron chi connectivity index (χ4n) is 3.14. The van der Waals surface area contributed by atoms with Crippen LogP contribution >= 0.6 is 0 Å². The van der Waals surface area contributed by atoms with E-state index in [1.165, 1.54) is 12.8 Å². The Labute approximate surface area is 126 Å². The van der Waals surface area contributed by atoms with Crippen LogP contribution in [-0.2, 0) is 0 Å². The summed E-state index contributed by atoms with van der Waals surface area (Å²) in [5, 5.41) is 11.9. The Morgan fingerprint density at radius 1 is 1.48 bits per heavy atom. The minimum absolute atomic E-state index is 0.0180. The van der Waals surface area contributed by atoms with Gasteiger partial charge in [0, 0.05) is 6.20 Å². The molecule has 21 heavy (non-hydrogen) atoms. The van der Waals surface area contributed by atoms with E-state index in [0.29, 0.717) is 29.2 Å². The maximum Gasteiger partial charge on any atom is 0.192 e.